The third-order valence-corrected chi connectivity index (χ3v) is 2.79. The molecule has 106 valence electrons. The molecule has 0 aliphatic carbocycles. The molecule has 2 N–H and O–H groups in total. The number of hydrogen-bond acceptors (Lipinski definition) is 3. The predicted octanol–water partition coefficient (Wildman–Crippen LogP) is 1.69. The molecule has 1 aromatic rings. The molecule has 5 nitrogen and oxygen atoms in total. The molecular weight excluding hydrogens is 244 g/mol. The van der Waals surface area contributed by atoms with Crippen LogP contribution in [0.4, 0.5) is 0 Å². The maximum atomic E-state index is 12.1. The molecule has 0 fully saturated rings. The maximum Gasteiger partial charge on any atom is 0.243 e. The molecule has 0 saturated carbocycles. The van der Waals surface area contributed by atoms with Gasteiger partial charge in [-0.05, 0) is 18.1 Å². The van der Waals surface area contributed by atoms with Crippen LogP contribution in [0.3, 0.4) is 0 Å². The first-order valence-corrected chi connectivity index (χ1v) is 6.52. The van der Waals surface area contributed by atoms with Crippen LogP contribution < -0.4 is 10.6 Å². The Bertz CT molecular complexity index is 410. The molecule has 1 aromatic heterocycles. The van der Waals surface area contributed by atoms with Crippen LogP contribution in [0.15, 0.2) is 22.8 Å². The second kappa shape index (κ2) is 6.97. The SMILES string of the molecule is CC(C)C(=O)N[C@H](C(=O)NCc1ccco1)C(C)C. The van der Waals surface area contributed by atoms with Crippen molar-refractivity contribution < 1.29 is 14.0 Å². The zero-order valence-electron chi connectivity index (χ0n) is 11.9. The van der Waals surface area contributed by atoms with Crippen LogP contribution in [0.2, 0.25) is 0 Å². The third-order valence-electron chi connectivity index (χ3n) is 2.79. The number of furan rings is 1. The molecule has 0 aromatic carbocycles. The van der Waals surface area contributed by atoms with Gasteiger partial charge in [-0.2, -0.15) is 0 Å². The summed E-state index contributed by atoms with van der Waals surface area (Å²) < 4.78 is 5.14. The van der Waals surface area contributed by atoms with Crippen LogP contribution in [0, 0.1) is 11.8 Å². The van der Waals surface area contributed by atoms with Crippen molar-refractivity contribution in [1.29, 1.82) is 0 Å². The van der Waals surface area contributed by atoms with Crippen LogP contribution in [0.5, 0.6) is 0 Å². The van der Waals surface area contributed by atoms with Crippen molar-refractivity contribution >= 4 is 11.8 Å². The van der Waals surface area contributed by atoms with Gasteiger partial charge in [0.25, 0.3) is 0 Å². The van der Waals surface area contributed by atoms with Gasteiger partial charge in [-0.1, -0.05) is 27.7 Å². The molecule has 2 amide bonds. The fourth-order valence-corrected chi connectivity index (χ4v) is 1.55. The van der Waals surface area contributed by atoms with Crippen molar-refractivity contribution in [3.8, 4) is 0 Å². The number of carbonyl (C=O) groups is 2. The molecule has 1 atom stereocenters. The fourth-order valence-electron chi connectivity index (χ4n) is 1.55. The fraction of sp³-hybridized carbons (Fsp3) is 0.571. The standard InChI is InChI=1S/C14H22N2O3/c1-9(2)12(16-13(17)10(3)4)14(18)15-8-11-6-5-7-19-11/h5-7,9-10,12H,8H2,1-4H3,(H,15,18)(H,16,17)/t12-/m0/s1. The van der Waals surface area contributed by atoms with Crippen LogP contribution in [0.1, 0.15) is 33.5 Å². The van der Waals surface area contributed by atoms with Crippen molar-refractivity contribution in [2.75, 3.05) is 0 Å². The molecule has 1 rings (SSSR count). The molecule has 5 heteroatoms. The Hall–Kier alpha value is -1.78. The van der Waals surface area contributed by atoms with Gasteiger partial charge in [0.1, 0.15) is 11.8 Å². The Labute approximate surface area is 113 Å². The molecule has 0 spiro atoms. The zero-order valence-corrected chi connectivity index (χ0v) is 11.9. The van der Waals surface area contributed by atoms with Crippen LogP contribution in [0.25, 0.3) is 0 Å². The summed E-state index contributed by atoms with van der Waals surface area (Å²) in [5.41, 5.74) is 0. The van der Waals surface area contributed by atoms with Crippen molar-refractivity contribution in [3.05, 3.63) is 24.2 Å². The van der Waals surface area contributed by atoms with E-state index >= 15 is 0 Å². The minimum Gasteiger partial charge on any atom is -0.467 e. The second-order valence-electron chi connectivity index (χ2n) is 5.18. The first kappa shape index (κ1) is 15.3. The lowest BCUT2D eigenvalue weighted by Gasteiger charge is -2.22. The van der Waals surface area contributed by atoms with E-state index in [1.54, 1.807) is 32.2 Å². The first-order valence-electron chi connectivity index (χ1n) is 6.52. The van der Waals surface area contributed by atoms with Crippen LogP contribution >= 0.6 is 0 Å². The van der Waals surface area contributed by atoms with E-state index in [1.807, 2.05) is 13.8 Å². The van der Waals surface area contributed by atoms with Gasteiger partial charge in [-0.3, -0.25) is 9.59 Å². The summed E-state index contributed by atoms with van der Waals surface area (Å²) in [5.74, 6) is 0.261. The quantitative estimate of drug-likeness (QED) is 0.823. The summed E-state index contributed by atoms with van der Waals surface area (Å²) in [6.45, 7) is 7.73. The summed E-state index contributed by atoms with van der Waals surface area (Å²) in [6.07, 6.45) is 1.56. The molecule has 0 saturated heterocycles. The van der Waals surface area contributed by atoms with Gasteiger partial charge in [0.2, 0.25) is 11.8 Å². The van der Waals surface area contributed by atoms with Gasteiger partial charge in [0.15, 0.2) is 0 Å². The first-order chi connectivity index (χ1) is 8.91. The smallest absolute Gasteiger partial charge is 0.243 e. The van der Waals surface area contributed by atoms with Gasteiger partial charge in [0.05, 0.1) is 12.8 Å². The van der Waals surface area contributed by atoms with Gasteiger partial charge in [0, 0.05) is 5.92 Å². The molecule has 0 radical (unpaired) electrons. The number of hydrogen-bond donors (Lipinski definition) is 2. The highest BCUT2D eigenvalue weighted by molar-refractivity contribution is 5.88. The number of carbonyl (C=O) groups excluding carboxylic acids is 2. The highest BCUT2D eigenvalue weighted by Crippen LogP contribution is 2.05. The summed E-state index contributed by atoms with van der Waals surface area (Å²) in [4.78, 5) is 23.8. The Kier molecular flexibility index (Phi) is 5.60. The molecule has 19 heavy (non-hydrogen) atoms. The van der Waals surface area contributed by atoms with Gasteiger partial charge < -0.3 is 15.1 Å². The Morgan fingerprint density at radius 1 is 1.21 bits per heavy atom. The highest BCUT2D eigenvalue weighted by Gasteiger charge is 2.24. The molecule has 0 bridgehead atoms. The normalized spacial score (nSPS) is 12.5. The Morgan fingerprint density at radius 2 is 1.89 bits per heavy atom. The largest absolute Gasteiger partial charge is 0.467 e. The zero-order chi connectivity index (χ0) is 14.4. The van der Waals surface area contributed by atoms with E-state index in [9.17, 15) is 9.59 Å². The minimum atomic E-state index is -0.523. The van der Waals surface area contributed by atoms with Crippen molar-refractivity contribution in [2.24, 2.45) is 11.8 Å². The minimum absolute atomic E-state index is 0.0271. The highest BCUT2D eigenvalue weighted by atomic mass is 16.3. The second-order valence-corrected chi connectivity index (χ2v) is 5.18. The summed E-state index contributed by atoms with van der Waals surface area (Å²) in [7, 11) is 0. The van der Waals surface area contributed by atoms with Gasteiger partial charge in [-0.25, -0.2) is 0 Å². The van der Waals surface area contributed by atoms with Gasteiger partial charge >= 0.3 is 0 Å². The van der Waals surface area contributed by atoms with E-state index in [0.29, 0.717) is 12.3 Å². The van der Waals surface area contributed by atoms with E-state index < -0.39 is 6.04 Å². The topological polar surface area (TPSA) is 71.3 Å². The summed E-state index contributed by atoms with van der Waals surface area (Å²) in [5, 5.41) is 5.53. The van der Waals surface area contributed by atoms with Crippen LogP contribution in [-0.4, -0.2) is 17.9 Å². The third kappa shape index (κ3) is 4.77. The average molecular weight is 266 g/mol. The number of amides is 2. The monoisotopic (exact) mass is 266 g/mol. The molecule has 0 aliphatic rings. The number of nitrogens with one attached hydrogen (secondary N) is 2. The molecule has 0 unspecified atom stereocenters. The van der Waals surface area contributed by atoms with E-state index in [4.69, 9.17) is 4.42 Å². The van der Waals surface area contributed by atoms with Crippen molar-refractivity contribution in [2.45, 2.75) is 40.3 Å². The van der Waals surface area contributed by atoms with Crippen LogP contribution in [-0.2, 0) is 16.1 Å². The van der Waals surface area contributed by atoms with E-state index in [1.165, 1.54) is 0 Å². The molecule has 1 heterocycles. The number of rotatable bonds is 6. The lowest BCUT2D eigenvalue weighted by atomic mass is 10.0. The van der Waals surface area contributed by atoms with Crippen molar-refractivity contribution in [1.82, 2.24) is 10.6 Å². The van der Waals surface area contributed by atoms with E-state index in [-0.39, 0.29) is 23.7 Å². The Balaban J connectivity index is 2.55. The summed E-state index contributed by atoms with van der Waals surface area (Å²) >= 11 is 0. The van der Waals surface area contributed by atoms with E-state index in [0.717, 1.165) is 0 Å². The van der Waals surface area contributed by atoms with Gasteiger partial charge in [-0.15, -0.1) is 0 Å². The van der Waals surface area contributed by atoms with Crippen molar-refractivity contribution in [3.63, 3.8) is 0 Å². The predicted molar refractivity (Wildman–Crippen MR) is 72.2 cm³/mol. The lowest BCUT2D eigenvalue weighted by Crippen LogP contribution is -2.50. The van der Waals surface area contributed by atoms with E-state index in [2.05, 4.69) is 10.6 Å². The molecule has 0 aliphatic heterocycles. The Morgan fingerprint density at radius 3 is 2.37 bits per heavy atom. The molecular formula is C14H22N2O3. The summed E-state index contributed by atoms with van der Waals surface area (Å²) in [6, 6.07) is 3.03. The average Bonchev–Trinajstić information content (AvgIpc) is 2.85. The maximum absolute atomic E-state index is 12.1. The lowest BCUT2D eigenvalue weighted by molar-refractivity contribution is -0.131.